The van der Waals surface area contributed by atoms with E-state index in [1.807, 2.05) is 61.5 Å². The van der Waals surface area contributed by atoms with Gasteiger partial charge in [-0.05, 0) is 62.2 Å². The van der Waals surface area contributed by atoms with Gasteiger partial charge in [0.05, 0.1) is 0 Å². The summed E-state index contributed by atoms with van der Waals surface area (Å²) in [6, 6.07) is 18.9. The summed E-state index contributed by atoms with van der Waals surface area (Å²) >= 11 is 0. The van der Waals surface area contributed by atoms with E-state index >= 15 is 0 Å². The van der Waals surface area contributed by atoms with Gasteiger partial charge in [-0.3, -0.25) is 4.79 Å². The molecule has 4 rings (SSSR count). The fourth-order valence-electron chi connectivity index (χ4n) is 3.43. The quantitative estimate of drug-likeness (QED) is 0.608. The van der Waals surface area contributed by atoms with Gasteiger partial charge in [-0.2, -0.15) is 0 Å². The number of carbonyl (C=O) groups excluding carboxylic acids is 1. The number of amides is 1. The highest BCUT2D eigenvalue weighted by atomic mass is 16.5. The van der Waals surface area contributed by atoms with Gasteiger partial charge in [-0.1, -0.05) is 31.0 Å². The van der Waals surface area contributed by atoms with Crippen LogP contribution in [0.1, 0.15) is 41.9 Å². The van der Waals surface area contributed by atoms with Crippen molar-refractivity contribution in [2.24, 2.45) is 0 Å². The third-order valence-electron chi connectivity index (χ3n) is 4.87. The molecule has 1 heterocycles. The molecule has 3 aromatic rings. The number of hydrogen-bond donors (Lipinski definition) is 2. The van der Waals surface area contributed by atoms with E-state index in [9.17, 15) is 4.79 Å². The van der Waals surface area contributed by atoms with E-state index in [2.05, 4.69) is 20.6 Å². The van der Waals surface area contributed by atoms with Crippen molar-refractivity contribution in [2.45, 2.75) is 38.6 Å². The first kappa shape index (κ1) is 18.9. The maximum atomic E-state index is 12.7. The lowest BCUT2D eigenvalue weighted by atomic mass is 10.2. The number of benzene rings is 2. The first-order valence-corrected chi connectivity index (χ1v) is 9.92. The first-order valence-electron chi connectivity index (χ1n) is 9.92. The highest BCUT2D eigenvalue weighted by Crippen LogP contribution is 2.23. The maximum absolute atomic E-state index is 12.7. The molecule has 1 aliphatic rings. The van der Waals surface area contributed by atoms with E-state index in [-0.39, 0.29) is 5.91 Å². The molecule has 0 atom stereocenters. The van der Waals surface area contributed by atoms with Gasteiger partial charge in [0.25, 0.3) is 5.91 Å². The summed E-state index contributed by atoms with van der Waals surface area (Å²) in [4.78, 5) is 21.5. The second-order valence-corrected chi connectivity index (χ2v) is 7.24. The molecule has 1 aromatic heterocycles. The topological polar surface area (TPSA) is 76.1 Å². The predicted molar refractivity (Wildman–Crippen MR) is 114 cm³/mol. The molecule has 6 nitrogen and oxygen atoms in total. The molecule has 0 radical (unpaired) electrons. The number of para-hydroxylation sites is 1. The molecule has 29 heavy (non-hydrogen) atoms. The van der Waals surface area contributed by atoms with Gasteiger partial charge in [0.15, 0.2) is 0 Å². The van der Waals surface area contributed by atoms with Gasteiger partial charge in [0.2, 0.25) is 5.95 Å². The van der Waals surface area contributed by atoms with Crippen LogP contribution in [0.2, 0.25) is 0 Å². The monoisotopic (exact) mass is 388 g/mol. The maximum Gasteiger partial charge on any atom is 0.274 e. The van der Waals surface area contributed by atoms with Gasteiger partial charge in [-0.15, -0.1) is 0 Å². The van der Waals surface area contributed by atoms with Crippen molar-refractivity contribution >= 4 is 17.5 Å². The van der Waals surface area contributed by atoms with Crippen LogP contribution in [-0.4, -0.2) is 21.9 Å². The average Bonchev–Trinajstić information content (AvgIpc) is 3.23. The van der Waals surface area contributed by atoms with E-state index in [0.717, 1.165) is 24.3 Å². The smallest absolute Gasteiger partial charge is 0.274 e. The van der Waals surface area contributed by atoms with Crippen LogP contribution >= 0.6 is 0 Å². The van der Waals surface area contributed by atoms with Crippen molar-refractivity contribution in [1.29, 1.82) is 0 Å². The number of rotatable bonds is 6. The fourth-order valence-corrected chi connectivity index (χ4v) is 3.43. The van der Waals surface area contributed by atoms with Gasteiger partial charge in [-0.25, -0.2) is 9.97 Å². The van der Waals surface area contributed by atoms with Crippen molar-refractivity contribution in [3.8, 4) is 11.5 Å². The van der Waals surface area contributed by atoms with E-state index < -0.39 is 0 Å². The molecule has 0 bridgehead atoms. The van der Waals surface area contributed by atoms with E-state index in [4.69, 9.17) is 4.74 Å². The van der Waals surface area contributed by atoms with Crippen LogP contribution in [0.5, 0.6) is 11.5 Å². The van der Waals surface area contributed by atoms with Crippen molar-refractivity contribution in [1.82, 2.24) is 9.97 Å². The molecule has 0 aliphatic heterocycles. The Hall–Kier alpha value is -3.41. The van der Waals surface area contributed by atoms with Crippen LogP contribution in [0.3, 0.4) is 0 Å². The summed E-state index contributed by atoms with van der Waals surface area (Å²) in [5.74, 6) is 1.73. The summed E-state index contributed by atoms with van der Waals surface area (Å²) < 4.78 is 5.78. The van der Waals surface area contributed by atoms with Crippen molar-refractivity contribution < 1.29 is 9.53 Å². The lowest BCUT2D eigenvalue weighted by molar-refractivity contribution is 0.102. The molecule has 1 saturated carbocycles. The lowest BCUT2D eigenvalue weighted by Crippen LogP contribution is -2.20. The number of hydrogen-bond acceptors (Lipinski definition) is 5. The van der Waals surface area contributed by atoms with Gasteiger partial charge in [0.1, 0.15) is 17.2 Å². The van der Waals surface area contributed by atoms with Crippen LogP contribution in [0, 0.1) is 6.92 Å². The van der Waals surface area contributed by atoms with Gasteiger partial charge in [0, 0.05) is 17.4 Å². The standard InChI is InChI=1S/C23H24N4O2/c1-16-15-21(27-23(24-16)26-17-7-5-6-8-17)22(28)25-18-11-13-20(14-12-18)29-19-9-3-2-4-10-19/h2-4,9-15,17H,5-8H2,1H3,(H,25,28)(H,24,26,27). The molecule has 6 heteroatoms. The molecule has 2 aromatic carbocycles. The van der Waals surface area contributed by atoms with Crippen LogP contribution in [0.25, 0.3) is 0 Å². The highest BCUT2D eigenvalue weighted by molar-refractivity contribution is 6.03. The molecule has 0 saturated heterocycles. The number of ether oxygens (including phenoxy) is 1. The third-order valence-corrected chi connectivity index (χ3v) is 4.87. The lowest BCUT2D eigenvalue weighted by Gasteiger charge is -2.13. The first-order chi connectivity index (χ1) is 14.2. The number of nitrogens with one attached hydrogen (secondary N) is 2. The minimum atomic E-state index is -0.262. The zero-order valence-electron chi connectivity index (χ0n) is 16.4. The van der Waals surface area contributed by atoms with E-state index in [1.54, 1.807) is 6.07 Å². The Balaban J connectivity index is 1.41. The summed E-state index contributed by atoms with van der Waals surface area (Å²) in [5, 5.41) is 6.24. The molecule has 0 spiro atoms. The highest BCUT2D eigenvalue weighted by Gasteiger charge is 2.17. The number of carbonyl (C=O) groups is 1. The van der Waals surface area contributed by atoms with Crippen molar-refractivity contribution in [2.75, 3.05) is 10.6 Å². The Kier molecular flexibility index (Phi) is 5.70. The number of aryl methyl sites for hydroxylation is 1. The summed E-state index contributed by atoms with van der Waals surface area (Å²) in [6.45, 7) is 1.87. The Morgan fingerprint density at radius 3 is 2.38 bits per heavy atom. The number of nitrogens with zero attached hydrogens (tertiary/aromatic N) is 2. The zero-order valence-corrected chi connectivity index (χ0v) is 16.4. The molecule has 0 unspecified atom stereocenters. The zero-order chi connectivity index (χ0) is 20.1. The molecule has 2 N–H and O–H groups in total. The Morgan fingerprint density at radius 1 is 0.966 bits per heavy atom. The van der Waals surface area contributed by atoms with Crippen LogP contribution in [0.15, 0.2) is 60.7 Å². The number of aromatic nitrogens is 2. The van der Waals surface area contributed by atoms with Crippen molar-refractivity contribution in [3.05, 3.63) is 72.1 Å². The molecule has 1 amide bonds. The van der Waals surface area contributed by atoms with Crippen LogP contribution < -0.4 is 15.4 Å². The summed E-state index contributed by atoms with van der Waals surface area (Å²) in [5.41, 5.74) is 1.79. The SMILES string of the molecule is Cc1cc(C(=O)Nc2ccc(Oc3ccccc3)cc2)nc(NC2CCCC2)n1. The average molecular weight is 388 g/mol. The molecular formula is C23H24N4O2. The Bertz CT molecular complexity index is 968. The normalized spacial score (nSPS) is 13.8. The number of anilines is 2. The van der Waals surface area contributed by atoms with Crippen LogP contribution in [0.4, 0.5) is 11.6 Å². The fraction of sp³-hybridized carbons (Fsp3) is 0.261. The van der Waals surface area contributed by atoms with E-state index in [0.29, 0.717) is 29.1 Å². The van der Waals surface area contributed by atoms with Gasteiger partial charge >= 0.3 is 0 Å². The Morgan fingerprint density at radius 2 is 1.66 bits per heavy atom. The largest absolute Gasteiger partial charge is 0.457 e. The minimum absolute atomic E-state index is 0.262. The van der Waals surface area contributed by atoms with Gasteiger partial charge < -0.3 is 15.4 Å². The summed E-state index contributed by atoms with van der Waals surface area (Å²) in [6.07, 6.45) is 4.69. The Labute approximate surface area is 170 Å². The third kappa shape index (κ3) is 5.10. The van der Waals surface area contributed by atoms with Crippen molar-refractivity contribution in [3.63, 3.8) is 0 Å². The molecule has 1 fully saturated rings. The molecule has 1 aliphatic carbocycles. The molecule has 148 valence electrons. The van der Waals surface area contributed by atoms with Crippen LogP contribution in [-0.2, 0) is 0 Å². The summed E-state index contributed by atoms with van der Waals surface area (Å²) in [7, 11) is 0. The second-order valence-electron chi connectivity index (χ2n) is 7.24. The predicted octanol–water partition coefficient (Wildman–Crippen LogP) is 5.18. The minimum Gasteiger partial charge on any atom is -0.457 e. The molecular weight excluding hydrogens is 364 g/mol. The second kappa shape index (κ2) is 8.73. The van der Waals surface area contributed by atoms with E-state index in [1.165, 1.54) is 12.8 Å².